The normalized spacial score (nSPS) is 12.1. The van der Waals surface area contributed by atoms with Gasteiger partial charge in [-0.15, -0.1) is 0 Å². The van der Waals surface area contributed by atoms with Crippen molar-refractivity contribution in [2.45, 2.75) is 26.2 Å². The lowest BCUT2D eigenvalue weighted by Crippen LogP contribution is -2.15. The molecule has 24 heavy (non-hydrogen) atoms. The van der Waals surface area contributed by atoms with E-state index in [0.717, 1.165) is 22.5 Å². The van der Waals surface area contributed by atoms with Gasteiger partial charge in [0.15, 0.2) is 0 Å². The van der Waals surface area contributed by atoms with Crippen LogP contribution in [0, 0.1) is 13.8 Å². The average Bonchev–Trinajstić information content (AvgIpc) is 3.01. The van der Waals surface area contributed by atoms with Crippen molar-refractivity contribution in [3.05, 3.63) is 83.2 Å². The third kappa shape index (κ3) is 3.54. The molecule has 0 radical (unpaired) electrons. The van der Waals surface area contributed by atoms with Crippen LogP contribution in [-0.2, 0) is 11.2 Å². The van der Waals surface area contributed by atoms with Crippen molar-refractivity contribution in [3.63, 3.8) is 0 Å². The summed E-state index contributed by atoms with van der Waals surface area (Å²) in [6.07, 6.45) is 2.24. The van der Waals surface area contributed by atoms with Gasteiger partial charge in [-0.2, -0.15) is 5.10 Å². The van der Waals surface area contributed by atoms with Crippen LogP contribution in [0.15, 0.2) is 60.8 Å². The molecule has 4 heteroatoms. The van der Waals surface area contributed by atoms with Gasteiger partial charge in [-0.3, -0.25) is 4.79 Å². The highest BCUT2D eigenvalue weighted by molar-refractivity contribution is 5.76. The molecule has 0 saturated carbocycles. The Kier molecular flexibility index (Phi) is 4.47. The van der Waals surface area contributed by atoms with Crippen LogP contribution >= 0.6 is 0 Å². The Bertz CT molecular complexity index is 850. The van der Waals surface area contributed by atoms with Gasteiger partial charge < -0.3 is 5.11 Å². The van der Waals surface area contributed by atoms with Gasteiger partial charge in [0.1, 0.15) is 0 Å². The van der Waals surface area contributed by atoms with Crippen LogP contribution in [0.3, 0.4) is 0 Å². The van der Waals surface area contributed by atoms with Gasteiger partial charge >= 0.3 is 5.97 Å². The fourth-order valence-electron chi connectivity index (χ4n) is 2.76. The zero-order valence-corrected chi connectivity index (χ0v) is 13.8. The van der Waals surface area contributed by atoms with E-state index in [0.29, 0.717) is 6.42 Å². The SMILES string of the molecule is Cc1ccc(-n2ccc(CC(C(=O)O)c3cccc(C)c3)n2)cc1. The molecule has 0 aliphatic heterocycles. The van der Waals surface area contributed by atoms with Gasteiger partial charge in [-0.05, 0) is 37.6 Å². The summed E-state index contributed by atoms with van der Waals surface area (Å²) < 4.78 is 1.78. The Morgan fingerprint density at radius 1 is 1.08 bits per heavy atom. The van der Waals surface area contributed by atoms with E-state index < -0.39 is 11.9 Å². The third-order valence-electron chi connectivity index (χ3n) is 4.10. The number of hydrogen-bond donors (Lipinski definition) is 1. The standard InChI is InChI=1S/C20H20N2O2/c1-14-6-8-18(9-7-14)22-11-10-17(21-22)13-19(20(23)24)16-5-3-4-15(2)12-16/h3-12,19H,13H2,1-2H3,(H,23,24). The van der Waals surface area contributed by atoms with E-state index in [9.17, 15) is 9.90 Å². The molecule has 3 rings (SSSR count). The summed E-state index contributed by atoms with van der Waals surface area (Å²) in [4.78, 5) is 11.7. The number of aliphatic carboxylic acids is 1. The second-order valence-corrected chi connectivity index (χ2v) is 6.10. The van der Waals surface area contributed by atoms with Crippen LogP contribution in [0.4, 0.5) is 0 Å². The van der Waals surface area contributed by atoms with Crippen molar-refractivity contribution < 1.29 is 9.90 Å². The molecule has 0 aliphatic rings. The highest BCUT2D eigenvalue weighted by Gasteiger charge is 2.21. The van der Waals surface area contributed by atoms with E-state index in [4.69, 9.17) is 0 Å². The number of carbonyl (C=O) groups is 1. The van der Waals surface area contributed by atoms with Crippen molar-refractivity contribution in [1.82, 2.24) is 9.78 Å². The molecule has 1 heterocycles. The number of nitrogens with zero attached hydrogens (tertiary/aromatic N) is 2. The van der Waals surface area contributed by atoms with E-state index in [1.54, 1.807) is 4.68 Å². The van der Waals surface area contributed by atoms with Crippen molar-refractivity contribution in [3.8, 4) is 5.69 Å². The topological polar surface area (TPSA) is 55.1 Å². The van der Waals surface area contributed by atoms with Crippen molar-refractivity contribution >= 4 is 5.97 Å². The maximum Gasteiger partial charge on any atom is 0.311 e. The number of benzene rings is 2. The van der Waals surface area contributed by atoms with Crippen molar-refractivity contribution in [2.24, 2.45) is 0 Å². The highest BCUT2D eigenvalue weighted by Crippen LogP contribution is 2.22. The van der Waals surface area contributed by atoms with Gasteiger partial charge in [-0.25, -0.2) is 4.68 Å². The molecule has 0 fully saturated rings. The van der Waals surface area contributed by atoms with E-state index in [1.165, 1.54) is 5.56 Å². The first-order valence-electron chi connectivity index (χ1n) is 7.94. The number of carboxylic acid groups (broad SMARTS) is 1. The third-order valence-corrected chi connectivity index (χ3v) is 4.10. The van der Waals surface area contributed by atoms with Crippen LogP contribution in [-0.4, -0.2) is 20.9 Å². The maximum atomic E-state index is 11.7. The first kappa shape index (κ1) is 16.0. The molecule has 0 bridgehead atoms. The molecular formula is C20H20N2O2. The molecule has 0 amide bonds. The molecule has 1 atom stereocenters. The van der Waals surface area contributed by atoms with Gasteiger partial charge in [0.2, 0.25) is 0 Å². The minimum absolute atomic E-state index is 0.373. The number of rotatable bonds is 5. The Balaban J connectivity index is 1.84. The molecule has 1 N–H and O–H groups in total. The summed E-state index contributed by atoms with van der Waals surface area (Å²) in [5.41, 5.74) is 4.80. The number of carboxylic acids is 1. The van der Waals surface area contributed by atoms with Crippen LogP contribution < -0.4 is 0 Å². The fraction of sp³-hybridized carbons (Fsp3) is 0.200. The number of aryl methyl sites for hydroxylation is 2. The summed E-state index contributed by atoms with van der Waals surface area (Å²) in [6.45, 7) is 4.01. The van der Waals surface area contributed by atoms with Gasteiger partial charge in [-0.1, -0.05) is 47.5 Å². The predicted octanol–water partition coefficient (Wildman–Crippen LogP) is 3.90. The van der Waals surface area contributed by atoms with Gasteiger partial charge in [0, 0.05) is 12.6 Å². The summed E-state index contributed by atoms with van der Waals surface area (Å²) in [7, 11) is 0. The predicted molar refractivity (Wildman–Crippen MR) is 93.6 cm³/mol. The average molecular weight is 320 g/mol. The molecule has 1 aromatic heterocycles. The Hall–Kier alpha value is -2.88. The smallest absolute Gasteiger partial charge is 0.311 e. The van der Waals surface area contributed by atoms with E-state index in [1.807, 2.05) is 74.6 Å². The summed E-state index contributed by atoms with van der Waals surface area (Å²) in [5.74, 6) is -1.42. The van der Waals surface area contributed by atoms with E-state index >= 15 is 0 Å². The van der Waals surface area contributed by atoms with Crippen molar-refractivity contribution in [2.75, 3.05) is 0 Å². The summed E-state index contributed by atoms with van der Waals surface area (Å²) in [5, 5.41) is 14.1. The van der Waals surface area contributed by atoms with E-state index in [2.05, 4.69) is 5.10 Å². The van der Waals surface area contributed by atoms with Crippen LogP contribution in [0.25, 0.3) is 5.69 Å². The number of aromatic nitrogens is 2. The fourth-order valence-corrected chi connectivity index (χ4v) is 2.76. The minimum atomic E-state index is -0.828. The van der Waals surface area contributed by atoms with Crippen molar-refractivity contribution in [1.29, 1.82) is 0 Å². The van der Waals surface area contributed by atoms with Gasteiger partial charge in [0.05, 0.1) is 17.3 Å². The van der Waals surface area contributed by atoms with Crippen LogP contribution in [0.2, 0.25) is 0 Å². The summed E-state index contributed by atoms with van der Waals surface area (Å²) in [6, 6.07) is 17.6. The lowest BCUT2D eigenvalue weighted by atomic mass is 9.93. The van der Waals surface area contributed by atoms with Crippen LogP contribution in [0.5, 0.6) is 0 Å². The monoisotopic (exact) mass is 320 g/mol. The second kappa shape index (κ2) is 6.71. The lowest BCUT2D eigenvalue weighted by molar-refractivity contribution is -0.138. The quantitative estimate of drug-likeness (QED) is 0.775. The Morgan fingerprint density at radius 2 is 1.83 bits per heavy atom. The highest BCUT2D eigenvalue weighted by atomic mass is 16.4. The van der Waals surface area contributed by atoms with Gasteiger partial charge in [0.25, 0.3) is 0 Å². The lowest BCUT2D eigenvalue weighted by Gasteiger charge is -2.12. The molecular weight excluding hydrogens is 300 g/mol. The summed E-state index contributed by atoms with van der Waals surface area (Å²) >= 11 is 0. The van der Waals surface area contributed by atoms with E-state index in [-0.39, 0.29) is 0 Å². The Labute approximate surface area is 141 Å². The minimum Gasteiger partial charge on any atom is -0.481 e. The molecule has 0 saturated heterocycles. The largest absolute Gasteiger partial charge is 0.481 e. The Morgan fingerprint density at radius 3 is 2.50 bits per heavy atom. The number of hydrogen-bond acceptors (Lipinski definition) is 2. The van der Waals surface area contributed by atoms with Crippen LogP contribution in [0.1, 0.15) is 28.3 Å². The zero-order valence-electron chi connectivity index (χ0n) is 13.8. The first-order valence-corrected chi connectivity index (χ1v) is 7.94. The second-order valence-electron chi connectivity index (χ2n) is 6.10. The molecule has 0 spiro atoms. The maximum absolute atomic E-state index is 11.7. The molecule has 0 aliphatic carbocycles. The molecule has 3 aromatic rings. The molecule has 122 valence electrons. The zero-order chi connectivity index (χ0) is 17.1. The molecule has 2 aromatic carbocycles. The molecule has 4 nitrogen and oxygen atoms in total. The first-order chi connectivity index (χ1) is 11.5. The molecule has 1 unspecified atom stereocenters.